The highest BCUT2D eigenvalue weighted by Crippen LogP contribution is 2.06. The Bertz CT molecular complexity index is 338. The van der Waals surface area contributed by atoms with Gasteiger partial charge in [-0.15, -0.1) is 0 Å². The first kappa shape index (κ1) is 10.2. The average Bonchev–Trinajstić information content (AvgIpc) is 2.27. The molecular weight excluding hydrogens is 182 g/mol. The van der Waals surface area contributed by atoms with Gasteiger partial charge in [0, 0.05) is 19.8 Å². The second-order valence-electron chi connectivity index (χ2n) is 2.74. The smallest absolute Gasteiger partial charge is 0.208 e. The van der Waals surface area contributed by atoms with Crippen LogP contribution in [0, 0.1) is 0 Å². The van der Waals surface area contributed by atoms with E-state index >= 15 is 0 Å². The van der Waals surface area contributed by atoms with E-state index < -0.39 is 0 Å². The summed E-state index contributed by atoms with van der Waals surface area (Å²) in [7, 11) is 1.90. The molecule has 0 saturated carbocycles. The van der Waals surface area contributed by atoms with E-state index in [-0.39, 0.29) is 11.7 Å². The molecule has 0 amide bonds. The van der Waals surface area contributed by atoms with Gasteiger partial charge in [-0.05, 0) is 13.0 Å². The van der Waals surface area contributed by atoms with Crippen LogP contribution in [0.4, 0.5) is 5.82 Å². The van der Waals surface area contributed by atoms with Crippen LogP contribution in [-0.4, -0.2) is 34.6 Å². The van der Waals surface area contributed by atoms with Crippen LogP contribution in [0.5, 0.6) is 0 Å². The first-order chi connectivity index (χ1) is 6.69. The van der Waals surface area contributed by atoms with Crippen molar-refractivity contribution in [2.75, 3.05) is 18.5 Å². The summed E-state index contributed by atoms with van der Waals surface area (Å²) in [5, 5.41) is 11.3. The van der Waals surface area contributed by atoms with Crippen LogP contribution in [0.1, 0.15) is 12.7 Å². The molecule has 0 saturated heterocycles. The SMILES string of the molecule is CCN(C)c1ccnc(/C(N)=N/O)n1. The Morgan fingerprint density at radius 3 is 3.00 bits per heavy atom. The molecule has 0 aliphatic carbocycles. The van der Waals surface area contributed by atoms with Gasteiger partial charge in [0.2, 0.25) is 11.7 Å². The van der Waals surface area contributed by atoms with Crippen molar-refractivity contribution in [1.82, 2.24) is 9.97 Å². The summed E-state index contributed by atoms with van der Waals surface area (Å²) in [6.45, 7) is 2.83. The Morgan fingerprint density at radius 2 is 2.43 bits per heavy atom. The van der Waals surface area contributed by atoms with Gasteiger partial charge in [-0.1, -0.05) is 5.16 Å². The molecule has 0 fully saturated rings. The maximum atomic E-state index is 8.44. The summed E-state index contributed by atoms with van der Waals surface area (Å²) in [5.41, 5.74) is 5.36. The summed E-state index contributed by atoms with van der Waals surface area (Å²) < 4.78 is 0. The van der Waals surface area contributed by atoms with Crippen LogP contribution in [0.15, 0.2) is 17.4 Å². The number of aromatic nitrogens is 2. The van der Waals surface area contributed by atoms with Crippen molar-refractivity contribution in [3.05, 3.63) is 18.1 Å². The standard InChI is InChI=1S/C8H13N5O/c1-3-13(2)6-4-5-10-8(11-6)7(9)12-14/h4-5,14H,3H2,1-2H3,(H2,9,12). The lowest BCUT2D eigenvalue weighted by atomic mass is 10.4. The van der Waals surface area contributed by atoms with E-state index in [1.807, 2.05) is 18.9 Å². The van der Waals surface area contributed by atoms with Gasteiger partial charge in [0.15, 0.2) is 0 Å². The van der Waals surface area contributed by atoms with Gasteiger partial charge in [0.25, 0.3) is 0 Å². The predicted molar refractivity (Wildman–Crippen MR) is 53.5 cm³/mol. The minimum atomic E-state index is -0.0867. The lowest BCUT2D eigenvalue weighted by Gasteiger charge is -2.15. The van der Waals surface area contributed by atoms with E-state index in [9.17, 15) is 0 Å². The lowest BCUT2D eigenvalue weighted by molar-refractivity contribution is 0.318. The summed E-state index contributed by atoms with van der Waals surface area (Å²) in [4.78, 5) is 9.91. The Kier molecular flexibility index (Phi) is 3.22. The van der Waals surface area contributed by atoms with Gasteiger partial charge in [-0.3, -0.25) is 0 Å². The normalized spacial score (nSPS) is 11.4. The molecule has 3 N–H and O–H groups in total. The van der Waals surface area contributed by atoms with Crippen molar-refractivity contribution in [3.8, 4) is 0 Å². The van der Waals surface area contributed by atoms with E-state index in [4.69, 9.17) is 10.9 Å². The molecule has 1 aromatic heterocycles. The van der Waals surface area contributed by atoms with Gasteiger partial charge in [0.05, 0.1) is 0 Å². The fraction of sp³-hybridized carbons (Fsp3) is 0.375. The molecule has 1 heterocycles. The third-order valence-electron chi connectivity index (χ3n) is 1.84. The zero-order chi connectivity index (χ0) is 10.6. The number of hydrogen-bond acceptors (Lipinski definition) is 5. The Balaban J connectivity index is 3.01. The van der Waals surface area contributed by atoms with Crippen molar-refractivity contribution >= 4 is 11.7 Å². The van der Waals surface area contributed by atoms with Crippen LogP contribution >= 0.6 is 0 Å². The molecule has 0 radical (unpaired) electrons. The summed E-state index contributed by atoms with van der Waals surface area (Å²) in [6, 6.07) is 1.76. The lowest BCUT2D eigenvalue weighted by Crippen LogP contribution is -2.21. The van der Waals surface area contributed by atoms with Crippen LogP contribution in [0.25, 0.3) is 0 Å². The highest BCUT2D eigenvalue weighted by atomic mass is 16.4. The maximum absolute atomic E-state index is 8.44. The second kappa shape index (κ2) is 4.40. The molecule has 6 nitrogen and oxygen atoms in total. The molecule has 76 valence electrons. The minimum absolute atomic E-state index is 0.0867. The van der Waals surface area contributed by atoms with E-state index in [0.29, 0.717) is 0 Å². The van der Waals surface area contributed by atoms with Crippen molar-refractivity contribution in [3.63, 3.8) is 0 Å². The van der Waals surface area contributed by atoms with E-state index in [0.717, 1.165) is 12.4 Å². The number of nitrogens with zero attached hydrogens (tertiary/aromatic N) is 4. The zero-order valence-electron chi connectivity index (χ0n) is 8.18. The van der Waals surface area contributed by atoms with Gasteiger partial charge in [-0.25, -0.2) is 9.97 Å². The molecule has 1 rings (SSSR count). The summed E-state index contributed by atoms with van der Waals surface area (Å²) >= 11 is 0. The highest BCUT2D eigenvalue weighted by Gasteiger charge is 2.05. The molecule has 0 unspecified atom stereocenters. The fourth-order valence-corrected chi connectivity index (χ4v) is 0.892. The largest absolute Gasteiger partial charge is 0.409 e. The number of oxime groups is 1. The Morgan fingerprint density at radius 1 is 1.71 bits per heavy atom. The molecule has 0 bridgehead atoms. The summed E-state index contributed by atoms with van der Waals surface area (Å²) in [5.74, 6) is 0.880. The van der Waals surface area contributed by atoms with E-state index in [1.165, 1.54) is 0 Å². The van der Waals surface area contributed by atoms with Gasteiger partial charge in [0.1, 0.15) is 5.82 Å². The quantitative estimate of drug-likeness (QED) is 0.307. The van der Waals surface area contributed by atoms with E-state index in [1.54, 1.807) is 12.3 Å². The molecule has 6 heteroatoms. The molecule has 14 heavy (non-hydrogen) atoms. The number of hydrogen-bond donors (Lipinski definition) is 2. The van der Waals surface area contributed by atoms with Crippen molar-refractivity contribution in [1.29, 1.82) is 0 Å². The minimum Gasteiger partial charge on any atom is -0.409 e. The average molecular weight is 195 g/mol. The molecular formula is C8H13N5O. The first-order valence-electron chi connectivity index (χ1n) is 4.21. The van der Waals surface area contributed by atoms with Crippen molar-refractivity contribution in [2.24, 2.45) is 10.9 Å². The van der Waals surface area contributed by atoms with Crippen LogP contribution in [0.3, 0.4) is 0 Å². The van der Waals surface area contributed by atoms with Crippen LogP contribution in [-0.2, 0) is 0 Å². The molecule has 0 aromatic carbocycles. The Labute approximate surface area is 82.1 Å². The van der Waals surface area contributed by atoms with Crippen molar-refractivity contribution in [2.45, 2.75) is 6.92 Å². The predicted octanol–water partition coefficient (Wildman–Crippen LogP) is 0.0272. The number of nitrogens with two attached hydrogens (primary N) is 1. The van der Waals surface area contributed by atoms with Gasteiger partial charge in [-0.2, -0.15) is 0 Å². The van der Waals surface area contributed by atoms with Crippen molar-refractivity contribution < 1.29 is 5.21 Å². The second-order valence-corrected chi connectivity index (χ2v) is 2.74. The number of rotatable bonds is 3. The fourth-order valence-electron chi connectivity index (χ4n) is 0.892. The number of anilines is 1. The summed E-state index contributed by atoms with van der Waals surface area (Å²) in [6.07, 6.45) is 1.57. The van der Waals surface area contributed by atoms with Gasteiger partial charge < -0.3 is 15.8 Å². The monoisotopic (exact) mass is 195 g/mol. The Hall–Kier alpha value is -1.85. The third kappa shape index (κ3) is 2.09. The third-order valence-corrected chi connectivity index (χ3v) is 1.84. The topological polar surface area (TPSA) is 87.6 Å². The molecule has 1 aromatic rings. The highest BCUT2D eigenvalue weighted by molar-refractivity contribution is 5.93. The van der Waals surface area contributed by atoms with E-state index in [2.05, 4.69) is 15.1 Å². The van der Waals surface area contributed by atoms with Gasteiger partial charge >= 0.3 is 0 Å². The molecule has 0 spiro atoms. The first-order valence-corrected chi connectivity index (χ1v) is 4.21. The van der Waals surface area contributed by atoms with Crippen LogP contribution in [0.2, 0.25) is 0 Å². The molecule has 0 aliphatic rings. The van der Waals surface area contributed by atoms with Crippen LogP contribution < -0.4 is 10.6 Å². The zero-order valence-corrected chi connectivity index (χ0v) is 8.18. The number of amidine groups is 1. The molecule has 0 aliphatic heterocycles. The maximum Gasteiger partial charge on any atom is 0.208 e. The molecule has 0 atom stereocenters.